The molecule has 116 valence electrons. The molecule has 2 rings (SSSR count). The molecule has 21 heavy (non-hydrogen) atoms. The number of ether oxygens (including phenoxy) is 2. The minimum atomic E-state index is -0.464. The molecular formula is C15H23N3O3. The van der Waals surface area contributed by atoms with Crippen LogP contribution in [0.1, 0.15) is 18.0 Å². The summed E-state index contributed by atoms with van der Waals surface area (Å²) in [5.74, 6) is 0.958. The zero-order chi connectivity index (χ0) is 15.2. The normalized spacial score (nSPS) is 17.8. The van der Waals surface area contributed by atoms with Gasteiger partial charge in [-0.05, 0) is 30.7 Å². The van der Waals surface area contributed by atoms with Crippen molar-refractivity contribution >= 4 is 5.91 Å². The van der Waals surface area contributed by atoms with E-state index >= 15 is 0 Å². The quantitative estimate of drug-likeness (QED) is 0.828. The lowest BCUT2D eigenvalue weighted by atomic mass is 10.0. The number of benzene rings is 1. The second-order valence-electron chi connectivity index (χ2n) is 5.09. The number of carbonyl (C=O) groups excluding carboxylic acids is 1. The summed E-state index contributed by atoms with van der Waals surface area (Å²) in [7, 11) is 3.18. The second kappa shape index (κ2) is 7.28. The molecule has 1 aromatic carbocycles. The van der Waals surface area contributed by atoms with Crippen LogP contribution in [0.3, 0.4) is 0 Å². The first-order chi connectivity index (χ1) is 10.2. The number of methoxy groups -OCH3 is 2. The fraction of sp³-hybridized carbons (Fsp3) is 0.533. The van der Waals surface area contributed by atoms with Crippen LogP contribution in [0.15, 0.2) is 18.2 Å². The third-order valence-corrected chi connectivity index (χ3v) is 3.70. The van der Waals surface area contributed by atoms with E-state index in [-0.39, 0.29) is 5.91 Å². The summed E-state index contributed by atoms with van der Waals surface area (Å²) in [6.07, 6.45) is 0.991. The largest absolute Gasteiger partial charge is 0.497 e. The van der Waals surface area contributed by atoms with E-state index in [2.05, 4.69) is 10.2 Å². The summed E-state index contributed by atoms with van der Waals surface area (Å²) in [6, 6.07) is 5.01. The molecule has 1 unspecified atom stereocenters. The summed E-state index contributed by atoms with van der Waals surface area (Å²) < 4.78 is 10.6. The third kappa shape index (κ3) is 3.86. The zero-order valence-corrected chi connectivity index (χ0v) is 12.6. The van der Waals surface area contributed by atoms with Gasteiger partial charge in [0.25, 0.3) is 0 Å². The molecule has 1 amide bonds. The van der Waals surface area contributed by atoms with E-state index in [9.17, 15) is 4.79 Å². The van der Waals surface area contributed by atoms with Crippen molar-refractivity contribution in [2.45, 2.75) is 12.5 Å². The number of nitrogens with zero attached hydrogens (tertiary/aromatic N) is 1. The number of hydrogen-bond acceptors (Lipinski definition) is 5. The number of rotatable bonds is 5. The van der Waals surface area contributed by atoms with Gasteiger partial charge in [-0.2, -0.15) is 0 Å². The van der Waals surface area contributed by atoms with Crippen molar-refractivity contribution in [3.05, 3.63) is 23.8 Å². The highest BCUT2D eigenvalue weighted by atomic mass is 16.5. The van der Waals surface area contributed by atoms with Crippen molar-refractivity contribution in [3.63, 3.8) is 0 Å². The van der Waals surface area contributed by atoms with Crippen LogP contribution >= 0.6 is 0 Å². The number of nitrogens with two attached hydrogens (primary N) is 1. The van der Waals surface area contributed by atoms with Gasteiger partial charge in [-0.1, -0.05) is 0 Å². The van der Waals surface area contributed by atoms with Crippen LogP contribution in [0.5, 0.6) is 11.5 Å². The average molecular weight is 293 g/mol. The first-order valence-electron chi connectivity index (χ1n) is 7.12. The van der Waals surface area contributed by atoms with Gasteiger partial charge < -0.3 is 20.5 Å². The van der Waals surface area contributed by atoms with Crippen LogP contribution in [-0.2, 0) is 4.79 Å². The van der Waals surface area contributed by atoms with Crippen molar-refractivity contribution in [1.29, 1.82) is 0 Å². The number of nitrogens with one attached hydrogen (secondary N) is 1. The molecule has 0 saturated carbocycles. The van der Waals surface area contributed by atoms with E-state index in [1.165, 1.54) is 0 Å². The summed E-state index contributed by atoms with van der Waals surface area (Å²) in [4.78, 5) is 14.1. The maximum atomic E-state index is 12.0. The number of amides is 1. The molecule has 3 N–H and O–H groups in total. The standard InChI is InChI=1S/C15H23N3O3/c1-20-12-8-11(9-13(10-12)21-2)14(15(16)19)18-6-3-4-17-5-7-18/h8-10,14,17H,3-7H2,1-2H3,(H2,16,19). The Kier molecular flexibility index (Phi) is 5.41. The summed E-state index contributed by atoms with van der Waals surface area (Å²) in [5, 5.41) is 3.32. The van der Waals surface area contributed by atoms with Crippen molar-refractivity contribution in [3.8, 4) is 11.5 Å². The maximum absolute atomic E-state index is 12.0. The molecule has 0 spiro atoms. The SMILES string of the molecule is COc1cc(OC)cc(C(C(N)=O)N2CCCNCC2)c1. The molecule has 1 aliphatic rings. The minimum Gasteiger partial charge on any atom is -0.497 e. The lowest BCUT2D eigenvalue weighted by molar-refractivity contribution is -0.123. The minimum absolute atomic E-state index is 0.354. The van der Waals surface area contributed by atoms with Crippen molar-refractivity contribution < 1.29 is 14.3 Å². The Hall–Kier alpha value is -1.79. The molecule has 0 bridgehead atoms. The lowest BCUT2D eigenvalue weighted by Crippen LogP contribution is -2.39. The first kappa shape index (κ1) is 15.6. The Balaban J connectivity index is 2.34. The maximum Gasteiger partial charge on any atom is 0.239 e. The highest BCUT2D eigenvalue weighted by molar-refractivity contribution is 5.81. The van der Waals surface area contributed by atoms with Gasteiger partial charge in [0.1, 0.15) is 17.5 Å². The Bertz CT molecular complexity index is 463. The molecule has 1 heterocycles. The van der Waals surface area contributed by atoms with Crippen LogP contribution in [0.4, 0.5) is 0 Å². The van der Waals surface area contributed by atoms with Crippen molar-refractivity contribution in [2.24, 2.45) is 5.73 Å². The van der Waals surface area contributed by atoms with Crippen molar-refractivity contribution in [2.75, 3.05) is 40.4 Å². The van der Waals surface area contributed by atoms with E-state index in [4.69, 9.17) is 15.2 Å². The summed E-state index contributed by atoms with van der Waals surface area (Å²) in [5.41, 5.74) is 6.46. The lowest BCUT2D eigenvalue weighted by Gasteiger charge is -2.28. The molecule has 1 saturated heterocycles. The van der Waals surface area contributed by atoms with Crippen LogP contribution < -0.4 is 20.5 Å². The van der Waals surface area contributed by atoms with E-state index in [0.717, 1.165) is 38.2 Å². The number of carbonyl (C=O) groups is 1. The zero-order valence-electron chi connectivity index (χ0n) is 12.6. The van der Waals surface area contributed by atoms with Gasteiger partial charge in [0.2, 0.25) is 5.91 Å². The Morgan fingerprint density at radius 1 is 1.19 bits per heavy atom. The van der Waals surface area contributed by atoms with E-state index in [0.29, 0.717) is 11.5 Å². The molecule has 0 radical (unpaired) electrons. The number of hydrogen-bond donors (Lipinski definition) is 2. The van der Waals surface area contributed by atoms with Gasteiger partial charge in [0, 0.05) is 25.7 Å². The molecule has 0 aromatic heterocycles. The number of primary amides is 1. The van der Waals surface area contributed by atoms with Crippen LogP contribution in [-0.4, -0.2) is 51.2 Å². The third-order valence-electron chi connectivity index (χ3n) is 3.70. The first-order valence-corrected chi connectivity index (χ1v) is 7.12. The molecule has 1 aromatic rings. The monoisotopic (exact) mass is 293 g/mol. The Labute approximate surface area is 125 Å². The van der Waals surface area contributed by atoms with E-state index in [1.807, 2.05) is 12.1 Å². The molecule has 6 heteroatoms. The highest BCUT2D eigenvalue weighted by Crippen LogP contribution is 2.29. The topological polar surface area (TPSA) is 76.8 Å². The van der Waals surface area contributed by atoms with Gasteiger partial charge >= 0.3 is 0 Å². The van der Waals surface area contributed by atoms with Gasteiger partial charge in [0.15, 0.2) is 0 Å². The molecule has 0 aliphatic carbocycles. The predicted octanol–water partition coefficient (Wildman–Crippen LogP) is 0.526. The second-order valence-corrected chi connectivity index (χ2v) is 5.09. The molecule has 6 nitrogen and oxygen atoms in total. The Morgan fingerprint density at radius 2 is 1.86 bits per heavy atom. The van der Waals surface area contributed by atoms with Gasteiger partial charge in [-0.3, -0.25) is 9.69 Å². The van der Waals surface area contributed by atoms with E-state index < -0.39 is 6.04 Å². The van der Waals surface area contributed by atoms with Crippen LogP contribution in [0, 0.1) is 0 Å². The van der Waals surface area contributed by atoms with Crippen molar-refractivity contribution in [1.82, 2.24) is 10.2 Å². The molecule has 1 fully saturated rings. The smallest absolute Gasteiger partial charge is 0.239 e. The van der Waals surface area contributed by atoms with Crippen LogP contribution in [0.25, 0.3) is 0 Å². The van der Waals surface area contributed by atoms with Crippen LogP contribution in [0.2, 0.25) is 0 Å². The average Bonchev–Trinajstić information content (AvgIpc) is 2.75. The predicted molar refractivity (Wildman–Crippen MR) is 80.5 cm³/mol. The van der Waals surface area contributed by atoms with Gasteiger partial charge in [-0.15, -0.1) is 0 Å². The molecular weight excluding hydrogens is 270 g/mol. The van der Waals surface area contributed by atoms with Gasteiger partial charge in [0.05, 0.1) is 14.2 Å². The summed E-state index contributed by atoms with van der Waals surface area (Å²) in [6.45, 7) is 3.43. The van der Waals surface area contributed by atoms with Gasteiger partial charge in [-0.25, -0.2) is 0 Å². The molecule has 1 aliphatic heterocycles. The fourth-order valence-electron chi connectivity index (χ4n) is 2.67. The highest BCUT2D eigenvalue weighted by Gasteiger charge is 2.27. The summed E-state index contributed by atoms with van der Waals surface area (Å²) >= 11 is 0. The fourth-order valence-corrected chi connectivity index (χ4v) is 2.67. The van der Waals surface area contributed by atoms with E-state index in [1.54, 1.807) is 20.3 Å². The Morgan fingerprint density at radius 3 is 2.43 bits per heavy atom. The molecule has 1 atom stereocenters.